The fourth-order valence-electron chi connectivity index (χ4n) is 9.63. The molecule has 0 spiro atoms. The van der Waals surface area contributed by atoms with Gasteiger partial charge in [-0.3, -0.25) is 4.79 Å². The second kappa shape index (κ2) is 22.4. The molecule has 0 saturated heterocycles. The predicted molar refractivity (Wildman–Crippen MR) is 218 cm³/mol. The van der Waals surface area contributed by atoms with Gasteiger partial charge < -0.3 is 24.4 Å². The molecule has 0 radical (unpaired) electrons. The number of esters is 2. The summed E-state index contributed by atoms with van der Waals surface area (Å²) in [7, 11) is 0. The Balaban J connectivity index is 1.41. The minimum Gasteiger partial charge on any atom is -0.493 e. The second-order valence-electron chi connectivity index (χ2n) is 18.4. The summed E-state index contributed by atoms with van der Waals surface area (Å²) in [5, 5.41) is 19.3. The van der Waals surface area contributed by atoms with Crippen LogP contribution in [0.3, 0.4) is 0 Å². The van der Waals surface area contributed by atoms with Crippen molar-refractivity contribution >= 4 is 11.9 Å². The van der Waals surface area contributed by atoms with E-state index in [4.69, 9.17) is 14.2 Å². The molecule has 306 valence electrons. The van der Waals surface area contributed by atoms with E-state index in [1.165, 1.54) is 108 Å². The van der Waals surface area contributed by atoms with Crippen molar-refractivity contribution < 1.29 is 34.0 Å². The van der Waals surface area contributed by atoms with Crippen molar-refractivity contribution in [1.82, 2.24) is 0 Å². The number of aliphatic hydroxyl groups is 2. The molecule has 2 N–H and O–H groups in total. The molecular formula is C47H76O7. The molecule has 3 aliphatic carbocycles. The molecule has 0 amide bonds. The molecule has 1 aromatic rings. The van der Waals surface area contributed by atoms with Gasteiger partial charge in [0.2, 0.25) is 0 Å². The molecule has 0 aromatic heterocycles. The van der Waals surface area contributed by atoms with E-state index in [1.807, 2.05) is 20.8 Å². The van der Waals surface area contributed by atoms with Crippen LogP contribution in [0.25, 0.3) is 0 Å². The number of carbonyl (C=O) groups excluding carboxylic acids is 2. The summed E-state index contributed by atoms with van der Waals surface area (Å²) in [5.74, 6) is 4.89. The molecule has 0 heterocycles. The van der Waals surface area contributed by atoms with E-state index >= 15 is 0 Å². The molecular weight excluding hydrogens is 677 g/mol. The SMILES string of the molecule is C=C(C)C(=O)OCCc1cc(C2CCC(C3CCC(C4CCC(CCCCC)CC4)CC3)CC2)cc(CCOC(=O)C(C)(C)C)c1OCCC(CO)CO. The van der Waals surface area contributed by atoms with Crippen molar-refractivity contribution in [2.45, 2.75) is 163 Å². The average molecular weight is 753 g/mol. The summed E-state index contributed by atoms with van der Waals surface area (Å²) < 4.78 is 17.7. The fraction of sp³-hybridized carbons (Fsp3) is 0.787. The summed E-state index contributed by atoms with van der Waals surface area (Å²) in [6.45, 7) is 13.8. The monoisotopic (exact) mass is 753 g/mol. The minimum absolute atomic E-state index is 0.109. The van der Waals surface area contributed by atoms with Gasteiger partial charge in [-0.25, -0.2) is 4.79 Å². The second-order valence-corrected chi connectivity index (χ2v) is 18.4. The minimum atomic E-state index is -0.589. The van der Waals surface area contributed by atoms with E-state index in [9.17, 15) is 19.8 Å². The van der Waals surface area contributed by atoms with Gasteiger partial charge in [0.05, 0.1) is 25.2 Å². The van der Waals surface area contributed by atoms with E-state index in [-0.39, 0.29) is 38.3 Å². The van der Waals surface area contributed by atoms with Crippen molar-refractivity contribution in [3.8, 4) is 5.75 Å². The van der Waals surface area contributed by atoms with Crippen LogP contribution < -0.4 is 4.74 Å². The van der Waals surface area contributed by atoms with Crippen LogP contribution in [0.4, 0.5) is 0 Å². The van der Waals surface area contributed by atoms with Gasteiger partial charge in [0, 0.05) is 37.5 Å². The van der Waals surface area contributed by atoms with E-state index in [1.54, 1.807) is 6.92 Å². The van der Waals surface area contributed by atoms with Crippen LogP contribution >= 0.6 is 0 Å². The third kappa shape index (κ3) is 13.7. The first-order chi connectivity index (χ1) is 25.9. The lowest BCUT2D eigenvalue weighted by Crippen LogP contribution is -2.29. The van der Waals surface area contributed by atoms with Crippen molar-refractivity contribution in [3.63, 3.8) is 0 Å². The number of aliphatic hydroxyl groups excluding tert-OH is 2. The van der Waals surface area contributed by atoms with E-state index < -0.39 is 11.4 Å². The zero-order chi connectivity index (χ0) is 39.1. The molecule has 7 nitrogen and oxygen atoms in total. The summed E-state index contributed by atoms with van der Waals surface area (Å²) in [5.41, 5.74) is 3.02. The van der Waals surface area contributed by atoms with Gasteiger partial charge >= 0.3 is 11.9 Å². The Morgan fingerprint density at radius 2 is 1.26 bits per heavy atom. The van der Waals surface area contributed by atoms with E-state index in [2.05, 4.69) is 25.6 Å². The van der Waals surface area contributed by atoms with Crippen LogP contribution in [0.15, 0.2) is 24.3 Å². The van der Waals surface area contributed by atoms with Gasteiger partial charge in [0.1, 0.15) is 5.75 Å². The van der Waals surface area contributed by atoms with Gasteiger partial charge in [-0.05, 0) is 151 Å². The highest BCUT2D eigenvalue weighted by molar-refractivity contribution is 5.86. The molecule has 4 rings (SSSR count). The average Bonchev–Trinajstić information content (AvgIpc) is 3.17. The largest absolute Gasteiger partial charge is 0.493 e. The van der Waals surface area contributed by atoms with Crippen LogP contribution in [0.2, 0.25) is 0 Å². The molecule has 0 aliphatic heterocycles. The topological polar surface area (TPSA) is 102 Å². The third-order valence-corrected chi connectivity index (χ3v) is 13.2. The van der Waals surface area contributed by atoms with Gasteiger partial charge in [-0.2, -0.15) is 0 Å². The van der Waals surface area contributed by atoms with Gasteiger partial charge in [0.25, 0.3) is 0 Å². The Hall–Kier alpha value is -2.38. The van der Waals surface area contributed by atoms with Crippen LogP contribution in [-0.4, -0.2) is 55.2 Å². The van der Waals surface area contributed by atoms with Crippen molar-refractivity contribution in [3.05, 3.63) is 41.0 Å². The van der Waals surface area contributed by atoms with Crippen molar-refractivity contribution in [2.24, 2.45) is 40.9 Å². The zero-order valence-corrected chi connectivity index (χ0v) is 34.8. The molecule has 3 saturated carbocycles. The standard InChI is InChI=1S/C47H76O7/c1-7-8-9-10-34-11-13-36(14-12-34)37-15-17-38(18-16-37)39-19-21-40(22-20-39)43-29-41(24-27-53-45(50)33(2)3)44(52-26-23-35(31-48)32-49)42(30-43)25-28-54-46(51)47(4,5)6/h29-30,34-40,48-49H,2,7-28,31-32H2,1,3-6H3. The number of unbranched alkanes of at least 4 members (excludes halogenated alkanes) is 2. The van der Waals surface area contributed by atoms with Crippen molar-refractivity contribution in [2.75, 3.05) is 33.0 Å². The fourth-order valence-corrected chi connectivity index (χ4v) is 9.63. The van der Waals surface area contributed by atoms with Gasteiger partial charge in [0.15, 0.2) is 0 Å². The number of benzene rings is 1. The maximum atomic E-state index is 12.6. The maximum absolute atomic E-state index is 12.6. The Bertz CT molecular complexity index is 1290. The summed E-state index contributed by atoms with van der Waals surface area (Å²) in [6, 6.07) is 4.51. The van der Waals surface area contributed by atoms with Crippen LogP contribution in [0.1, 0.15) is 166 Å². The van der Waals surface area contributed by atoms with E-state index in [0.29, 0.717) is 37.4 Å². The number of hydrogen-bond acceptors (Lipinski definition) is 7. The molecule has 3 fully saturated rings. The molecule has 7 heteroatoms. The summed E-state index contributed by atoms with van der Waals surface area (Å²) in [4.78, 5) is 24.9. The van der Waals surface area contributed by atoms with Crippen LogP contribution in [0.5, 0.6) is 5.75 Å². The summed E-state index contributed by atoms with van der Waals surface area (Å²) >= 11 is 0. The highest BCUT2D eigenvalue weighted by Crippen LogP contribution is 2.48. The van der Waals surface area contributed by atoms with Crippen molar-refractivity contribution in [1.29, 1.82) is 0 Å². The number of hydrogen-bond donors (Lipinski definition) is 2. The first-order valence-electron chi connectivity index (χ1n) is 21.9. The lowest BCUT2D eigenvalue weighted by Gasteiger charge is -2.41. The Morgan fingerprint density at radius 3 is 1.74 bits per heavy atom. The lowest BCUT2D eigenvalue weighted by molar-refractivity contribution is -0.152. The molecule has 3 aliphatic rings. The quantitative estimate of drug-likeness (QED) is 0.0777. The maximum Gasteiger partial charge on any atom is 0.333 e. The molecule has 0 bridgehead atoms. The van der Waals surface area contributed by atoms with Crippen LogP contribution in [0, 0.1) is 40.9 Å². The first kappa shape index (κ1) is 44.3. The number of carbonyl (C=O) groups is 2. The predicted octanol–water partition coefficient (Wildman–Crippen LogP) is 10.3. The number of ether oxygens (including phenoxy) is 3. The first-order valence-corrected chi connectivity index (χ1v) is 21.9. The highest BCUT2D eigenvalue weighted by atomic mass is 16.5. The number of rotatable bonds is 20. The van der Waals surface area contributed by atoms with Gasteiger partial charge in [-0.1, -0.05) is 64.2 Å². The normalized spacial score (nSPS) is 25.0. The molecule has 54 heavy (non-hydrogen) atoms. The third-order valence-electron chi connectivity index (χ3n) is 13.2. The zero-order valence-electron chi connectivity index (χ0n) is 34.8. The Labute approximate surface area is 328 Å². The van der Waals surface area contributed by atoms with Gasteiger partial charge in [-0.15, -0.1) is 0 Å². The van der Waals surface area contributed by atoms with Crippen LogP contribution in [-0.2, 0) is 31.9 Å². The molecule has 0 atom stereocenters. The smallest absolute Gasteiger partial charge is 0.333 e. The highest BCUT2D eigenvalue weighted by Gasteiger charge is 2.35. The Kier molecular flexibility index (Phi) is 18.4. The van der Waals surface area contributed by atoms with E-state index in [0.717, 1.165) is 46.5 Å². The molecule has 0 unspecified atom stereocenters. The molecule has 1 aromatic carbocycles. The lowest BCUT2D eigenvalue weighted by atomic mass is 9.64. The summed E-state index contributed by atoms with van der Waals surface area (Å²) in [6.07, 6.45) is 23.6. The Morgan fingerprint density at radius 1 is 0.759 bits per heavy atom.